The summed E-state index contributed by atoms with van der Waals surface area (Å²) in [4.78, 5) is 17.0. The molecule has 0 aliphatic carbocycles. The SMILES string of the molecule is c1ccc2[nH]c(-c3ccc4nc(-c5ccc6ncoc6c5)sc4c3)nc2c1. The highest BCUT2D eigenvalue weighted by molar-refractivity contribution is 7.21. The number of para-hydroxylation sites is 2. The van der Waals surface area contributed by atoms with Gasteiger partial charge in [-0.05, 0) is 48.5 Å². The van der Waals surface area contributed by atoms with Crippen molar-refractivity contribution in [2.24, 2.45) is 0 Å². The lowest BCUT2D eigenvalue weighted by molar-refractivity contribution is 0.602. The van der Waals surface area contributed by atoms with Crippen LogP contribution in [0.4, 0.5) is 0 Å². The number of aromatic nitrogens is 4. The molecule has 0 atom stereocenters. The number of nitrogens with one attached hydrogen (secondary N) is 1. The first-order valence-corrected chi connectivity index (χ1v) is 9.34. The summed E-state index contributed by atoms with van der Waals surface area (Å²) in [7, 11) is 0. The largest absolute Gasteiger partial charge is 0.443 e. The normalized spacial score (nSPS) is 11.7. The lowest BCUT2D eigenvalue weighted by Crippen LogP contribution is -1.79. The van der Waals surface area contributed by atoms with Crippen LogP contribution in [-0.4, -0.2) is 19.9 Å². The van der Waals surface area contributed by atoms with Gasteiger partial charge in [0, 0.05) is 11.1 Å². The van der Waals surface area contributed by atoms with E-state index in [1.165, 1.54) is 6.39 Å². The van der Waals surface area contributed by atoms with E-state index in [1.54, 1.807) is 11.3 Å². The first-order chi connectivity index (χ1) is 13.3. The zero-order valence-electron chi connectivity index (χ0n) is 14.0. The van der Waals surface area contributed by atoms with E-state index in [1.807, 2.05) is 48.5 Å². The Morgan fingerprint density at radius 2 is 1.70 bits per heavy atom. The van der Waals surface area contributed by atoms with E-state index in [4.69, 9.17) is 14.4 Å². The van der Waals surface area contributed by atoms with Gasteiger partial charge in [0.05, 0.1) is 21.3 Å². The van der Waals surface area contributed by atoms with Crippen molar-refractivity contribution in [3.05, 3.63) is 67.1 Å². The number of imidazole rings is 1. The van der Waals surface area contributed by atoms with Crippen LogP contribution >= 0.6 is 11.3 Å². The molecule has 6 rings (SSSR count). The van der Waals surface area contributed by atoms with Crippen molar-refractivity contribution in [3.8, 4) is 22.0 Å². The zero-order chi connectivity index (χ0) is 17.8. The smallest absolute Gasteiger partial charge is 0.181 e. The van der Waals surface area contributed by atoms with Crippen LogP contribution in [0.3, 0.4) is 0 Å². The van der Waals surface area contributed by atoms with Crippen molar-refractivity contribution in [3.63, 3.8) is 0 Å². The maximum absolute atomic E-state index is 5.41. The molecule has 5 nitrogen and oxygen atoms in total. The van der Waals surface area contributed by atoms with E-state index in [-0.39, 0.29) is 0 Å². The Labute approximate surface area is 157 Å². The third-order valence-electron chi connectivity index (χ3n) is 4.63. The summed E-state index contributed by atoms with van der Waals surface area (Å²) in [5.41, 5.74) is 6.70. The van der Waals surface area contributed by atoms with Gasteiger partial charge in [0.1, 0.15) is 16.3 Å². The van der Waals surface area contributed by atoms with Gasteiger partial charge in [0.15, 0.2) is 12.0 Å². The summed E-state index contributed by atoms with van der Waals surface area (Å²) >= 11 is 1.66. The topological polar surface area (TPSA) is 67.6 Å². The van der Waals surface area contributed by atoms with Crippen molar-refractivity contribution in [1.82, 2.24) is 19.9 Å². The van der Waals surface area contributed by atoms with Crippen LogP contribution in [0, 0.1) is 0 Å². The standard InChI is InChI=1S/C21H12N4OS/c1-2-4-15-14(3-1)23-20(24-15)12-5-8-17-19(10-12)27-21(25-17)13-6-7-16-18(9-13)26-11-22-16/h1-11H,(H,23,24). The molecule has 27 heavy (non-hydrogen) atoms. The summed E-state index contributed by atoms with van der Waals surface area (Å²) in [6, 6.07) is 20.3. The number of nitrogens with zero attached hydrogens (tertiary/aromatic N) is 3. The van der Waals surface area contributed by atoms with E-state index in [2.05, 4.69) is 22.1 Å². The Bertz CT molecular complexity index is 1410. The monoisotopic (exact) mass is 368 g/mol. The Morgan fingerprint density at radius 1 is 0.815 bits per heavy atom. The highest BCUT2D eigenvalue weighted by atomic mass is 32.1. The third kappa shape index (κ3) is 2.34. The van der Waals surface area contributed by atoms with Crippen molar-refractivity contribution in [2.75, 3.05) is 0 Å². The first-order valence-electron chi connectivity index (χ1n) is 8.53. The molecule has 6 aromatic rings. The van der Waals surface area contributed by atoms with Gasteiger partial charge in [-0.15, -0.1) is 11.3 Å². The quantitative estimate of drug-likeness (QED) is 0.429. The highest BCUT2D eigenvalue weighted by Crippen LogP contribution is 2.34. The molecule has 0 amide bonds. The van der Waals surface area contributed by atoms with Crippen LogP contribution in [0.5, 0.6) is 0 Å². The molecule has 0 saturated carbocycles. The molecular weight excluding hydrogens is 356 g/mol. The fourth-order valence-electron chi connectivity index (χ4n) is 3.27. The van der Waals surface area contributed by atoms with Crippen LogP contribution in [0.25, 0.3) is 54.3 Å². The number of oxazole rings is 1. The summed E-state index contributed by atoms with van der Waals surface area (Å²) in [5, 5.41) is 0.963. The van der Waals surface area contributed by atoms with Gasteiger partial charge in [-0.25, -0.2) is 15.0 Å². The second kappa shape index (κ2) is 5.49. The molecule has 0 fully saturated rings. The molecule has 0 saturated heterocycles. The second-order valence-electron chi connectivity index (χ2n) is 6.34. The first kappa shape index (κ1) is 14.6. The average Bonchev–Trinajstić information content (AvgIpc) is 3.42. The molecule has 1 N–H and O–H groups in total. The number of hydrogen-bond donors (Lipinski definition) is 1. The Balaban J connectivity index is 1.46. The molecular formula is C21H12N4OS. The number of thiazole rings is 1. The maximum Gasteiger partial charge on any atom is 0.181 e. The van der Waals surface area contributed by atoms with Crippen LogP contribution in [0.15, 0.2) is 71.5 Å². The summed E-state index contributed by atoms with van der Waals surface area (Å²) < 4.78 is 6.54. The number of fused-ring (bicyclic) bond motifs is 3. The molecule has 0 aliphatic rings. The van der Waals surface area contributed by atoms with Crippen molar-refractivity contribution in [2.45, 2.75) is 0 Å². The van der Waals surface area contributed by atoms with Crippen LogP contribution < -0.4 is 0 Å². The van der Waals surface area contributed by atoms with Crippen LogP contribution in [0.2, 0.25) is 0 Å². The van der Waals surface area contributed by atoms with Crippen LogP contribution in [0.1, 0.15) is 0 Å². The zero-order valence-corrected chi connectivity index (χ0v) is 14.8. The van der Waals surface area contributed by atoms with Gasteiger partial charge in [-0.3, -0.25) is 0 Å². The predicted octanol–water partition coefficient (Wildman–Crippen LogP) is 5.65. The summed E-state index contributed by atoms with van der Waals surface area (Å²) in [6.45, 7) is 0. The molecule has 3 heterocycles. The van der Waals surface area contributed by atoms with Crippen LogP contribution in [-0.2, 0) is 0 Å². The maximum atomic E-state index is 5.41. The minimum Gasteiger partial charge on any atom is -0.443 e. The average molecular weight is 368 g/mol. The molecule has 3 aromatic heterocycles. The fourth-order valence-corrected chi connectivity index (χ4v) is 4.27. The van der Waals surface area contributed by atoms with Crippen molar-refractivity contribution >= 4 is 43.7 Å². The van der Waals surface area contributed by atoms with E-state index >= 15 is 0 Å². The number of benzene rings is 3. The number of aromatic amines is 1. The van der Waals surface area contributed by atoms with Gasteiger partial charge < -0.3 is 9.40 Å². The molecule has 0 unspecified atom stereocenters. The molecule has 3 aromatic carbocycles. The second-order valence-corrected chi connectivity index (χ2v) is 7.37. The lowest BCUT2D eigenvalue weighted by atomic mass is 10.2. The molecule has 128 valence electrons. The Hall–Kier alpha value is -3.51. The van der Waals surface area contributed by atoms with Gasteiger partial charge in [-0.2, -0.15) is 0 Å². The summed E-state index contributed by atoms with van der Waals surface area (Å²) in [6.07, 6.45) is 1.46. The molecule has 0 spiro atoms. The van der Waals surface area contributed by atoms with E-state index in [9.17, 15) is 0 Å². The van der Waals surface area contributed by atoms with Crippen molar-refractivity contribution in [1.29, 1.82) is 0 Å². The predicted molar refractivity (Wildman–Crippen MR) is 108 cm³/mol. The van der Waals surface area contributed by atoms with Gasteiger partial charge in [0.25, 0.3) is 0 Å². The van der Waals surface area contributed by atoms with Crippen molar-refractivity contribution < 1.29 is 4.42 Å². The minimum absolute atomic E-state index is 0.773. The number of rotatable bonds is 2. The molecule has 6 heteroatoms. The number of hydrogen-bond acceptors (Lipinski definition) is 5. The minimum atomic E-state index is 0.773. The van der Waals surface area contributed by atoms with E-state index in [0.717, 1.165) is 54.3 Å². The lowest BCUT2D eigenvalue weighted by Gasteiger charge is -1.95. The van der Waals surface area contributed by atoms with Gasteiger partial charge in [0.2, 0.25) is 0 Å². The molecule has 0 bridgehead atoms. The molecule has 0 radical (unpaired) electrons. The molecule has 0 aliphatic heterocycles. The summed E-state index contributed by atoms with van der Waals surface area (Å²) in [5.74, 6) is 0.871. The fraction of sp³-hybridized carbons (Fsp3) is 0. The van der Waals surface area contributed by atoms with E-state index < -0.39 is 0 Å². The van der Waals surface area contributed by atoms with E-state index in [0.29, 0.717) is 0 Å². The highest BCUT2D eigenvalue weighted by Gasteiger charge is 2.11. The van der Waals surface area contributed by atoms with Gasteiger partial charge >= 0.3 is 0 Å². The number of H-pyrrole nitrogens is 1. The van der Waals surface area contributed by atoms with Gasteiger partial charge in [-0.1, -0.05) is 12.1 Å². The Kier molecular flexibility index (Phi) is 2.98. The Morgan fingerprint density at radius 3 is 2.67 bits per heavy atom. The third-order valence-corrected chi connectivity index (χ3v) is 5.70.